The number of aromatic carboxylic acids is 1. The summed E-state index contributed by atoms with van der Waals surface area (Å²) in [4.78, 5) is 27.0. The molecule has 4 heteroatoms. The minimum absolute atomic E-state index is 0.0532. The van der Waals surface area contributed by atoms with Crippen LogP contribution in [0.4, 0.5) is 5.69 Å². The van der Waals surface area contributed by atoms with E-state index in [1.54, 1.807) is 36.4 Å². The van der Waals surface area contributed by atoms with Crippen LogP contribution >= 0.6 is 0 Å². The van der Waals surface area contributed by atoms with E-state index in [-0.39, 0.29) is 22.2 Å². The monoisotopic (exact) mass is 525 g/mol. The molecule has 3 rings (SSSR count). The number of benzene rings is 3. The summed E-state index contributed by atoms with van der Waals surface area (Å²) in [6.45, 7) is 18.5. The van der Waals surface area contributed by atoms with Crippen molar-refractivity contribution in [1.29, 1.82) is 0 Å². The van der Waals surface area contributed by atoms with E-state index in [1.165, 1.54) is 5.56 Å². The van der Waals surface area contributed by atoms with Gasteiger partial charge in [-0.05, 0) is 69.3 Å². The van der Waals surface area contributed by atoms with Gasteiger partial charge >= 0.3 is 5.97 Å². The zero-order valence-electron chi connectivity index (χ0n) is 24.9. The van der Waals surface area contributed by atoms with Gasteiger partial charge in [-0.1, -0.05) is 97.9 Å². The van der Waals surface area contributed by atoms with Crippen LogP contribution in [0.25, 0.3) is 17.2 Å². The van der Waals surface area contributed by atoms with E-state index in [1.807, 2.05) is 12.1 Å². The average Bonchev–Trinajstić information content (AvgIpc) is 2.85. The quantitative estimate of drug-likeness (QED) is 0.236. The van der Waals surface area contributed by atoms with E-state index < -0.39 is 5.97 Å². The van der Waals surface area contributed by atoms with Gasteiger partial charge in [0.1, 0.15) is 0 Å². The first kappa shape index (κ1) is 29.9. The number of rotatable bonds is 8. The number of carboxylic acid groups (broad SMARTS) is 1. The van der Waals surface area contributed by atoms with Gasteiger partial charge in [0.2, 0.25) is 0 Å². The summed E-state index contributed by atoms with van der Waals surface area (Å²) in [7, 11) is 2.14. The molecular weight excluding hydrogens is 482 g/mol. The minimum Gasteiger partial charge on any atom is -0.478 e. The third-order valence-electron chi connectivity index (χ3n) is 6.87. The van der Waals surface area contributed by atoms with Gasteiger partial charge < -0.3 is 10.0 Å². The largest absolute Gasteiger partial charge is 0.478 e. The van der Waals surface area contributed by atoms with Crippen molar-refractivity contribution >= 4 is 23.5 Å². The number of anilines is 1. The van der Waals surface area contributed by atoms with Crippen LogP contribution in [0.15, 0.2) is 66.7 Å². The van der Waals surface area contributed by atoms with E-state index in [9.17, 15) is 9.59 Å². The molecule has 0 aliphatic rings. The van der Waals surface area contributed by atoms with Crippen molar-refractivity contribution in [2.45, 2.75) is 66.2 Å². The molecule has 0 radical (unpaired) electrons. The van der Waals surface area contributed by atoms with Gasteiger partial charge in [-0.15, -0.1) is 0 Å². The zero-order chi connectivity index (χ0) is 29.1. The molecule has 0 atom stereocenters. The smallest absolute Gasteiger partial charge is 0.335 e. The Bertz CT molecular complexity index is 1350. The topological polar surface area (TPSA) is 57.6 Å². The molecule has 0 aliphatic heterocycles. The van der Waals surface area contributed by atoms with Crippen molar-refractivity contribution in [2.75, 3.05) is 18.5 Å². The first-order valence-corrected chi connectivity index (χ1v) is 13.6. The highest BCUT2D eigenvalue weighted by molar-refractivity contribution is 6.08. The van der Waals surface area contributed by atoms with E-state index >= 15 is 0 Å². The molecule has 0 fully saturated rings. The minimum atomic E-state index is -0.970. The standard InChI is InChI=1S/C35H43NO3/c1-23(2)22-36(9)32-29(25-15-17-28(18-16-25)34(3,4)5)20-27(21-30(32)35(6,7)8)31(37)19-12-24-10-13-26(14-11-24)33(38)39/h10-21,23H,22H2,1-9H3,(H,38,39). The van der Waals surface area contributed by atoms with Gasteiger partial charge in [-0.2, -0.15) is 0 Å². The predicted octanol–water partition coefficient (Wildman–Crippen LogP) is 8.64. The van der Waals surface area contributed by atoms with Crippen molar-refractivity contribution < 1.29 is 14.7 Å². The molecule has 0 aliphatic carbocycles. The number of carboxylic acids is 1. The maximum absolute atomic E-state index is 13.5. The molecule has 0 amide bonds. The Morgan fingerprint density at radius 2 is 1.44 bits per heavy atom. The van der Waals surface area contributed by atoms with Crippen LogP contribution in [0.3, 0.4) is 0 Å². The third-order valence-corrected chi connectivity index (χ3v) is 6.87. The van der Waals surface area contributed by atoms with Crippen LogP contribution in [-0.4, -0.2) is 30.5 Å². The summed E-state index contributed by atoms with van der Waals surface area (Å²) in [5.74, 6) is -0.578. The van der Waals surface area contributed by atoms with Gasteiger partial charge in [0.25, 0.3) is 0 Å². The van der Waals surface area contributed by atoms with Crippen LogP contribution in [0, 0.1) is 5.92 Å². The SMILES string of the molecule is CC(C)CN(C)c1c(-c2ccc(C(C)(C)C)cc2)cc(C(=O)C=Cc2ccc(C(=O)O)cc2)cc1C(C)(C)C. The van der Waals surface area contributed by atoms with Crippen molar-refractivity contribution in [2.24, 2.45) is 5.92 Å². The van der Waals surface area contributed by atoms with Crippen LogP contribution < -0.4 is 4.90 Å². The predicted molar refractivity (Wildman–Crippen MR) is 164 cm³/mol. The molecule has 0 aromatic heterocycles. The van der Waals surface area contributed by atoms with Gasteiger partial charge in [0.15, 0.2) is 5.78 Å². The fraction of sp³-hybridized carbons (Fsp3) is 0.371. The Kier molecular flexibility index (Phi) is 8.90. The van der Waals surface area contributed by atoms with Crippen molar-refractivity contribution in [1.82, 2.24) is 0 Å². The Morgan fingerprint density at radius 1 is 0.846 bits per heavy atom. The van der Waals surface area contributed by atoms with E-state index in [2.05, 4.69) is 91.6 Å². The molecule has 39 heavy (non-hydrogen) atoms. The molecule has 206 valence electrons. The number of nitrogens with zero attached hydrogens (tertiary/aromatic N) is 1. The van der Waals surface area contributed by atoms with Crippen molar-refractivity contribution in [3.63, 3.8) is 0 Å². The highest BCUT2D eigenvalue weighted by atomic mass is 16.4. The van der Waals surface area contributed by atoms with E-state index in [0.717, 1.165) is 34.5 Å². The van der Waals surface area contributed by atoms with Crippen molar-refractivity contribution in [3.05, 3.63) is 94.6 Å². The normalized spacial score (nSPS) is 12.3. The summed E-state index contributed by atoms with van der Waals surface area (Å²) in [5.41, 5.74) is 7.18. The number of hydrogen-bond acceptors (Lipinski definition) is 3. The number of ketones is 1. The van der Waals surface area contributed by atoms with Gasteiger partial charge in [-0.3, -0.25) is 4.79 Å². The van der Waals surface area contributed by atoms with Crippen LogP contribution in [-0.2, 0) is 10.8 Å². The molecular formula is C35H43NO3. The fourth-order valence-electron chi connectivity index (χ4n) is 4.77. The highest BCUT2D eigenvalue weighted by Crippen LogP contribution is 2.41. The number of carbonyl (C=O) groups is 2. The Hall–Kier alpha value is -3.66. The maximum Gasteiger partial charge on any atom is 0.335 e. The molecule has 3 aromatic rings. The number of carbonyl (C=O) groups excluding carboxylic acids is 1. The molecule has 1 N–H and O–H groups in total. The summed E-state index contributed by atoms with van der Waals surface area (Å²) in [6, 6.07) is 19.3. The molecule has 0 bridgehead atoms. The van der Waals surface area contributed by atoms with Crippen LogP contribution in [0.5, 0.6) is 0 Å². The second-order valence-electron chi connectivity index (χ2n) is 12.9. The molecule has 0 spiro atoms. The van der Waals surface area contributed by atoms with Gasteiger partial charge in [0.05, 0.1) is 5.56 Å². The average molecular weight is 526 g/mol. The van der Waals surface area contributed by atoms with E-state index in [4.69, 9.17) is 5.11 Å². The zero-order valence-corrected chi connectivity index (χ0v) is 24.9. The summed E-state index contributed by atoms with van der Waals surface area (Å²) in [5, 5.41) is 9.14. The second-order valence-corrected chi connectivity index (χ2v) is 12.9. The van der Waals surface area contributed by atoms with Crippen LogP contribution in [0.2, 0.25) is 0 Å². The summed E-state index contributed by atoms with van der Waals surface area (Å²) >= 11 is 0. The van der Waals surface area contributed by atoms with Gasteiger partial charge in [0, 0.05) is 30.4 Å². The first-order valence-electron chi connectivity index (χ1n) is 13.6. The molecule has 4 nitrogen and oxygen atoms in total. The molecule has 0 saturated heterocycles. The first-order chi connectivity index (χ1) is 18.1. The van der Waals surface area contributed by atoms with E-state index in [0.29, 0.717) is 11.5 Å². The lowest BCUT2D eigenvalue weighted by Crippen LogP contribution is -2.27. The number of hydrogen-bond donors (Lipinski definition) is 1. The number of allylic oxidation sites excluding steroid dienone is 1. The lowest BCUT2D eigenvalue weighted by atomic mass is 9.80. The van der Waals surface area contributed by atoms with Gasteiger partial charge in [-0.25, -0.2) is 4.79 Å². The summed E-state index contributed by atoms with van der Waals surface area (Å²) < 4.78 is 0. The molecule has 3 aromatic carbocycles. The lowest BCUT2D eigenvalue weighted by Gasteiger charge is -2.33. The second kappa shape index (κ2) is 11.6. The Morgan fingerprint density at radius 3 is 1.92 bits per heavy atom. The third kappa shape index (κ3) is 7.47. The molecule has 0 saturated carbocycles. The highest BCUT2D eigenvalue weighted by Gasteiger charge is 2.26. The Labute approximate surface area is 234 Å². The molecule has 0 unspecified atom stereocenters. The molecule has 0 heterocycles. The van der Waals surface area contributed by atoms with Crippen LogP contribution in [0.1, 0.15) is 92.8 Å². The maximum atomic E-state index is 13.5. The Balaban J connectivity index is 2.16. The lowest BCUT2D eigenvalue weighted by molar-refractivity contribution is 0.0696. The van der Waals surface area contributed by atoms with Crippen molar-refractivity contribution in [3.8, 4) is 11.1 Å². The summed E-state index contributed by atoms with van der Waals surface area (Å²) in [6.07, 6.45) is 3.31. The fourth-order valence-corrected chi connectivity index (χ4v) is 4.77.